The van der Waals surface area contributed by atoms with Crippen molar-refractivity contribution in [1.29, 1.82) is 0 Å². The number of halogens is 4. The minimum absolute atomic E-state index is 0.0651. The van der Waals surface area contributed by atoms with Crippen molar-refractivity contribution >= 4 is 15.9 Å². The summed E-state index contributed by atoms with van der Waals surface area (Å²) in [5.41, 5.74) is 0.795. The summed E-state index contributed by atoms with van der Waals surface area (Å²) < 4.78 is 43.8. The van der Waals surface area contributed by atoms with Gasteiger partial charge in [0.15, 0.2) is 0 Å². The zero-order chi connectivity index (χ0) is 15.3. The first kappa shape index (κ1) is 17.5. The highest BCUT2D eigenvalue weighted by Gasteiger charge is 2.29. The van der Waals surface area contributed by atoms with Crippen LogP contribution in [0.15, 0.2) is 10.7 Å². The van der Waals surface area contributed by atoms with Crippen molar-refractivity contribution in [1.82, 2.24) is 15.1 Å². The maximum Gasteiger partial charge on any atom is 0.411 e. The number of rotatable bonds is 7. The SMILES string of the molecule is CCNC(COCC(F)(F)F)c1c(Br)cnn1C(C)C. The molecule has 1 aromatic rings. The number of nitrogens with one attached hydrogen (secondary N) is 1. The molecule has 0 aliphatic heterocycles. The minimum atomic E-state index is -4.31. The summed E-state index contributed by atoms with van der Waals surface area (Å²) >= 11 is 3.39. The van der Waals surface area contributed by atoms with Crippen LogP contribution in [0, 0.1) is 0 Å². The van der Waals surface area contributed by atoms with Crippen molar-refractivity contribution < 1.29 is 17.9 Å². The average Bonchev–Trinajstić information content (AvgIpc) is 2.68. The van der Waals surface area contributed by atoms with E-state index in [9.17, 15) is 13.2 Å². The second-order valence-corrected chi connectivity index (χ2v) is 5.51. The van der Waals surface area contributed by atoms with Gasteiger partial charge in [-0.15, -0.1) is 0 Å². The molecule has 0 amide bonds. The second kappa shape index (κ2) is 7.42. The van der Waals surface area contributed by atoms with Gasteiger partial charge in [-0.3, -0.25) is 4.68 Å². The molecule has 20 heavy (non-hydrogen) atoms. The van der Waals surface area contributed by atoms with Gasteiger partial charge in [0.1, 0.15) is 6.61 Å². The smallest absolute Gasteiger partial charge is 0.370 e. The van der Waals surface area contributed by atoms with E-state index >= 15 is 0 Å². The highest BCUT2D eigenvalue weighted by atomic mass is 79.9. The molecule has 1 unspecified atom stereocenters. The fourth-order valence-electron chi connectivity index (χ4n) is 1.86. The average molecular weight is 358 g/mol. The van der Waals surface area contributed by atoms with Gasteiger partial charge in [0.2, 0.25) is 0 Å². The largest absolute Gasteiger partial charge is 0.411 e. The summed E-state index contributed by atoms with van der Waals surface area (Å²) in [4.78, 5) is 0. The van der Waals surface area contributed by atoms with E-state index in [1.807, 2.05) is 20.8 Å². The van der Waals surface area contributed by atoms with Gasteiger partial charge in [0, 0.05) is 6.04 Å². The maximum absolute atomic E-state index is 12.1. The monoisotopic (exact) mass is 357 g/mol. The van der Waals surface area contributed by atoms with Crippen molar-refractivity contribution in [2.24, 2.45) is 0 Å². The van der Waals surface area contributed by atoms with Crippen molar-refractivity contribution in [3.05, 3.63) is 16.4 Å². The van der Waals surface area contributed by atoms with Gasteiger partial charge in [-0.25, -0.2) is 0 Å². The number of likely N-dealkylation sites (N-methyl/N-ethyl adjacent to an activating group) is 1. The molecule has 1 N–H and O–H groups in total. The highest BCUT2D eigenvalue weighted by molar-refractivity contribution is 9.10. The third-order valence-corrected chi connectivity index (χ3v) is 3.22. The maximum atomic E-state index is 12.1. The number of aromatic nitrogens is 2. The van der Waals surface area contributed by atoms with E-state index in [1.54, 1.807) is 10.9 Å². The van der Waals surface area contributed by atoms with Gasteiger partial charge < -0.3 is 10.1 Å². The fourth-order valence-corrected chi connectivity index (χ4v) is 2.41. The van der Waals surface area contributed by atoms with Gasteiger partial charge in [0.05, 0.1) is 29.0 Å². The summed E-state index contributed by atoms with van der Waals surface area (Å²) in [6, 6.07) is -0.235. The summed E-state index contributed by atoms with van der Waals surface area (Å²) in [7, 11) is 0. The molecule has 116 valence electrons. The molecule has 0 bridgehead atoms. The predicted octanol–water partition coefficient (Wildman–Crippen LogP) is 3.46. The lowest BCUT2D eigenvalue weighted by atomic mass is 10.2. The molecular formula is C12H19BrF3N3O. The molecule has 0 aromatic carbocycles. The Kier molecular flexibility index (Phi) is 6.47. The molecule has 1 rings (SSSR count). The molecule has 0 saturated heterocycles. The Morgan fingerprint density at radius 2 is 2.10 bits per heavy atom. The van der Waals surface area contributed by atoms with E-state index in [1.165, 1.54) is 0 Å². The zero-order valence-electron chi connectivity index (χ0n) is 11.7. The number of hydrogen-bond acceptors (Lipinski definition) is 3. The van der Waals surface area contributed by atoms with Crippen molar-refractivity contribution in [3.8, 4) is 0 Å². The van der Waals surface area contributed by atoms with Crippen LogP contribution in [0.2, 0.25) is 0 Å². The van der Waals surface area contributed by atoms with Crippen LogP contribution in [0.3, 0.4) is 0 Å². The first-order valence-electron chi connectivity index (χ1n) is 6.37. The van der Waals surface area contributed by atoms with Crippen LogP contribution in [0.5, 0.6) is 0 Å². The van der Waals surface area contributed by atoms with E-state index < -0.39 is 12.8 Å². The van der Waals surface area contributed by atoms with Crippen LogP contribution in [0.1, 0.15) is 38.5 Å². The number of alkyl halides is 3. The van der Waals surface area contributed by atoms with Crippen LogP contribution in [0.4, 0.5) is 13.2 Å². The minimum Gasteiger partial charge on any atom is -0.370 e. The third kappa shape index (κ3) is 5.06. The fraction of sp³-hybridized carbons (Fsp3) is 0.750. The molecule has 1 atom stereocenters. The summed E-state index contributed by atoms with van der Waals surface area (Å²) in [6.07, 6.45) is -2.67. The van der Waals surface area contributed by atoms with Gasteiger partial charge in [-0.1, -0.05) is 6.92 Å². The first-order chi connectivity index (χ1) is 9.26. The van der Waals surface area contributed by atoms with E-state index in [-0.39, 0.29) is 18.7 Å². The molecule has 0 radical (unpaired) electrons. The van der Waals surface area contributed by atoms with E-state index in [0.717, 1.165) is 10.2 Å². The van der Waals surface area contributed by atoms with Crippen molar-refractivity contribution in [3.63, 3.8) is 0 Å². The van der Waals surface area contributed by atoms with Crippen molar-refractivity contribution in [2.45, 2.75) is 39.0 Å². The van der Waals surface area contributed by atoms with Gasteiger partial charge in [0.25, 0.3) is 0 Å². The third-order valence-electron chi connectivity index (χ3n) is 2.61. The lowest BCUT2D eigenvalue weighted by Gasteiger charge is -2.22. The Labute approximate surface area is 124 Å². The molecule has 4 nitrogen and oxygen atoms in total. The van der Waals surface area contributed by atoms with Crippen LogP contribution >= 0.6 is 15.9 Å². The number of hydrogen-bond donors (Lipinski definition) is 1. The molecule has 0 saturated carbocycles. The Balaban J connectivity index is 2.82. The Hall–Kier alpha value is -0.600. The van der Waals surface area contributed by atoms with Gasteiger partial charge in [-0.2, -0.15) is 18.3 Å². The standard InChI is InChI=1S/C12H19BrF3N3O/c1-4-17-10(6-20-7-12(14,15)16)11-9(13)5-18-19(11)8(2)3/h5,8,10,17H,4,6-7H2,1-3H3. The Morgan fingerprint density at radius 3 is 2.60 bits per heavy atom. The molecule has 1 aromatic heterocycles. The lowest BCUT2D eigenvalue weighted by molar-refractivity contribution is -0.175. The van der Waals surface area contributed by atoms with E-state index in [0.29, 0.717) is 6.54 Å². The van der Waals surface area contributed by atoms with Gasteiger partial charge >= 0.3 is 6.18 Å². The summed E-state index contributed by atoms with van der Waals surface area (Å²) in [6.45, 7) is 5.12. The molecule has 0 aliphatic rings. The van der Waals surface area contributed by atoms with Crippen molar-refractivity contribution in [2.75, 3.05) is 19.8 Å². The zero-order valence-corrected chi connectivity index (χ0v) is 13.3. The van der Waals surface area contributed by atoms with Crippen LogP contribution in [0.25, 0.3) is 0 Å². The highest BCUT2D eigenvalue weighted by Crippen LogP contribution is 2.26. The van der Waals surface area contributed by atoms with Gasteiger partial charge in [-0.05, 0) is 36.3 Å². The van der Waals surface area contributed by atoms with E-state index in [4.69, 9.17) is 4.74 Å². The van der Waals surface area contributed by atoms with Crippen LogP contribution < -0.4 is 5.32 Å². The normalized spacial score (nSPS) is 14.0. The summed E-state index contributed by atoms with van der Waals surface area (Å²) in [5, 5.41) is 7.35. The Bertz CT molecular complexity index is 421. The topological polar surface area (TPSA) is 39.1 Å². The van der Waals surface area contributed by atoms with Crippen LogP contribution in [-0.4, -0.2) is 35.7 Å². The second-order valence-electron chi connectivity index (χ2n) is 4.66. The quantitative estimate of drug-likeness (QED) is 0.812. The lowest BCUT2D eigenvalue weighted by Crippen LogP contribution is -2.30. The molecular weight excluding hydrogens is 339 g/mol. The predicted molar refractivity (Wildman–Crippen MR) is 73.6 cm³/mol. The Morgan fingerprint density at radius 1 is 1.45 bits per heavy atom. The molecule has 8 heteroatoms. The van der Waals surface area contributed by atoms with Crippen LogP contribution in [-0.2, 0) is 4.74 Å². The molecule has 0 spiro atoms. The molecule has 0 aliphatic carbocycles. The first-order valence-corrected chi connectivity index (χ1v) is 7.16. The molecule has 1 heterocycles. The summed E-state index contributed by atoms with van der Waals surface area (Å²) in [5.74, 6) is 0. The van der Waals surface area contributed by atoms with E-state index in [2.05, 4.69) is 26.3 Å². The molecule has 0 fully saturated rings. The number of nitrogens with zero attached hydrogens (tertiary/aromatic N) is 2. The number of ether oxygens (including phenoxy) is 1.